The number of hydrogen-bond acceptors (Lipinski definition) is 5. The van der Waals surface area contributed by atoms with Crippen molar-refractivity contribution < 1.29 is 4.42 Å². The molecule has 5 heteroatoms. The van der Waals surface area contributed by atoms with Crippen LogP contribution in [0.3, 0.4) is 0 Å². The Bertz CT molecular complexity index is 540. The van der Waals surface area contributed by atoms with E-state index in [9.17, 15) is 0 Å². The summed E-state index contributed by atoms with van der Waals surface area (Å²) in [6.07, 6.45) is 0. The number of anilines is 1. The van der Waals surface area contributed by atoms with E-state index in [1.165, 1.54) is 5.00 Å². The first kappa shape index (κ1) is 11.7. The van der Waals surface area contributed by atoms with Crippen LogP contribution in [0.1, 0.15) is 11.5 Å². The summed E-state index contributed by atoms with van der Waals surface area (Å²) in [5, 5.41) is 5.63. The lowest BCUT2D eigenvalue weighted by Gasteiger charge is -2.28. The fourth-order valence-electron chi connectivity index (χ4n) is 2.20. The van der Waals surface area contributed by atoms with Gasteiger partial charge in [0.1, 0.15) is 10.8 Å². The Hall–Kier alpha value is -1.33. The maximum Gasteiger partial charge on any atom is 0.162 e. The highest BCUT2D eigenvalue weighted by Gasteiger charge is 2.18. The Labute approximate surface area is 111 Å². The van der Waals surface area contributed by atoms with Gasteiger partial charge in [0.05, 0.1) is 5.69 Å². The van der Waals surface area contributed by atoms with E-state index in [1.807, 2.05) is 19.1 Å². The minimum Gasteiger partial charge on any atom is -0.459 e. The minimum absolute atomic E-state index is 0.877. The Morgan fingerprint density at radius 1 is 1.28 bits per heavy atom. The smallest absolute Gasteiger partial charge is 0.162 e. The third-order valence-electron chi connectivity index (χ3n) is 3.13. The maximum absolute atomic E-state index is 5.64. The molecule has 0 unspecified atom stereocenters. The van der Waals surface area contributed by atoms with Gasteiger partial charge in [0.2, 0.25) is 0 Å². The summed E-state index contributed by atoms with van der Waals surface area (Å²) in [7, 11) is 0. The Morgan fingerprint density at radius 3 is 2.72 bits per heavy atom. The molecule has 0 bridgehead atoms. The van der Waals surface area contributed by atoms with Crippen molar-refractivity contribution in [1.29, 1.82) is 0 Å². The molecule has 18 heavy (non-hydrogen) atoms. The lowest BCUT2D eigenvalue weighted by atomic mass is 10.3. The van der Waals surface area contributed by atoms with Crippen LogP contribution >= 0.6 is 11.3 Å². The molecule has 1 N–H and O–H groups in total. The molecule has 1 aliphatic rings. The Morgan fingerprint density at radius 2 is 2.06 bits per heavy atom. The summed E-state index contributed by atoms with van der Waals surface area (Å²) in [6, 6.07) is 3.98. The average Bonchev–Trinajstić information content (AvgIpc) is 2.97. The van der Waals surface area contributed by atoms with Crippen LogP contribution in [-0.4, -0.2) is 31.2 Å². The molecule has 2 aromatic rings. The van der Waals surface area contributed by atoms with E-state index in [4.69, 9.17) is 4.42 Å². The van der Waals surface area contributed by atoms with Crippen molar-refractivity contribution in [3.05, 3.63) is 23.6 Å². The fourth-order valence-corrected chi connectivity index (χ4v) is 3.29. The summed E-state index contributed by atoms with van der Waals surface area (Å²) in [6.45, 7) is 8.24. The van der Waals surface area contributed by atoms with Crippen LogP contribution in [0.5, 0.6) is 0 Å². The summed E-state index contributed by atoms with van der Waals surface area (Å²) in [5.74, 6) is 1.81. The molecular weight excluding hydrogens is 246 g/mol. The number of rotatable bonds is 2. The highest BCUT2D eigenvalue weighted by molar-refractivity contribution is 7.19. The zero-order valence-corrected chi connectivity index (χ0v) is 11.5. The zero-order valence-electron chi connectivity index (χ0n) is 10.7. The van der Waals surface area contributed by atoms with Gasteiger partial charge in [0.25, 0.3) is 0 Å². The summed E-state index contributed by atoms with van der Waals surface area (Å²) in [5.41, 5.74) is 1.10. The molecule has 1 aliphatic heterocycles. The topological polar surface area (TPSA) is 41.3 Å². The van der Waals surface area contributed by atoms with Gasteiger partial charge >= 0.3 is 0 Å². The quantitative estimate of drug-likeness (QED) is 0.903. The van der Waals surface area contributed by atoms with Crippen LogP contribution in [0.25, 0.3) is 10.8 Å². The summed E-state index contributed by atoms with van der Waals surface area (Å²) in [4.78, 5) is 7.04. The van der Waals surface area contributed by atoms with Crippen LogP contribution in [0, 0.1) is 13.8 Å². The number of aryl methyl sites for hydroxylation is 2. The third-order valence-corrected chi connectivity index (χ3v) is 4.36. The van der Waals surface area contributed by atoms with E-state index in [-0.39, 0.29) is 0 Å². The molecule has 2 aromatic heterocycles. The van der Waals surface area contributed by atoms with Gasteiger partial charge in [-0.25, -0.2) is 4.98 Å². The number of hydrogen-bond donors (Lipinski definition) is 1. The standard InChI is InChI=1S/C13H17N3OS/c1-9-3-4-11(17-9)12-15-10(2)13(18-12)16-7-5-14-6-8-16/h3-4,14H,5-8H2,1-2H3. The van der Waals surface area contributed by atoms with Gasteiger partial charge in [-0.1, -0.05) is 11.3 Å². The average molecular weight is 263 g/mol. The molecular formula is C13H17N3OS. The van der Waals surface area contributed by atoms with Crippen LogP contribution in [-0.2, 0) is 0 Å². The van der Waals surface area contributed by atoms with Crippen molar-refractivity contribution >= 4 is 16.3 Å². The normalized spacial score (nSPS) is 16.2. The lowest BCUT2D eigenvalue weighted by molar-refractivity contribution is 0.548. The van der Waals surface area contributed by atoms with Crippen LogP contribution in [0.15, 0.2) is 16.5 Å². The van der Waals surface area contributed by atoms with E-state index in [0.717, 1.165) is 48.4 Å². The molecule has 0 aliphatic carbocycles. The van der Waals surface area contributed by atoms with Gasteiger partial charge in [-0.05, 0) is 26.0 Å². The van der Waals surface area contributed by atoms with Gasteiger partial charge < -0.3 is 14.6 Å². The first-order chi connectivity index (χ1) is 8.74. The second-order valence-corrected chi connectivity index (χ2v) is 5.53. The second kappa shape index (κ2) is 4.74. The summed E-state index contributed by atoms with van der Waals surface area (Å²) >= 11 is 1.73. The predicted octanol–water partition coefficient (Wildman–Crippen LogP) is 2.43. The van der Waals surface area contributed by atoms with Crippen molar-refractivity contribution in [3.63, 3.8) is 0 Å². The Kier molecular flexibility index (Phi) is 3.09. The fraction of sp³-hybridized carbons (Fsp3) is 0.462. The SMILES string of the molecule is Cc1ccc(-c2nc(C)c(N3CCNCC3)s2)o1. The lowest BCUT2D eigenvalue weighted by Crippen LogP contribution is -2.43. The highest BCUT2D eigenvalue weighted by Crippen LogP contribution is 2.35. The number of furan rings is 1. The first-order valence-corrected chi connectivity index (χ1v) is 7.05. The van der Waals surface area contributed by atoms with Crippen molar-refractivity contribution in [3.8, 4) is 10.8 Å². The molecule has 0 amide bonds. The van der Waals surface area contributed by atoms with E-state index in [2.05, 4.69) is 22.1 Å². The van der Waals surface area contributed by atoms with Gasteiger partial charge in [0.15, 0.2) is 10.8 Å². The number of thiazole rings is 1. The van der Waals surface area contributed by atoms with Crippen LogP contribution in [0.4, 0.5) is 5.00 Å². The van der Waals surface area contributed by atoms with E-state index < -0.39 is 0 Å². The monoisotopic (exact) mass is 263 g/mol. The predicted molar refractivity (Wildman–Crippen MR) is 74.4 cm³/mol. The molecule has 3 rings (SSSR count). The Balaban J connectivity index is 1.90. The molecule has 1 saturated heterocycles. The van der Waals surface area contributed by atoms with E-state index in [1.54, 1.807) is 11.3 Å². The molecule has 1 fully saturated rings. The molecule has 0 spiro atoms. The van der Waals surface area contributed by atoms with Gasteiger partial charge in [-0.3, -0.25) is 0 Å². The molecule has 4 nitrogen and oxygen atoms in total. The van der Waals surface area contributed by atoms with Gasteiger partial charge in [-0.2, -0.15) is 0 Å². The number of nitrogens with zero attached hydrogens (tertiary/aromatic N) is 2. The van der Waals surface area contributed by atoms with Crippen LogP contribution < -0.4 is 10.2 Å². The van der Waals surface area contributed by atoms with Gasteiger partial charge in [0, 0.05) is 26.2 Å². The van der Waals surface area contributed by atoms with Crippen molar-refractivity contribution in [1.82, 2.24) is 10.3 Å². The van der Waals surface area contributed by atoms with Crippen molar-refractivity contribution in [2.24, 2.45) is 0 Å². The summed E-state index contributed by atoms with van der Waals surface area (Å²) < 4.78 is 5.64. The maximum atomic E-state index is 5.64. The largest absolute Gasteiger partial charge is 0.459 e. The van der Waals surface area contributed by atoms with E-state index >= 15 is 0 Å². The van der Waals surface area contributed by atoms with Crippen molar-refractivity contribution in [2.75, 3.05) is 31.1 Å². The molecule has 0 radical (unpaired) electrons. The molecule has 96 valence electrons. The van der Waals surface area contributed by atoms with Crippen molar-refractivity contribution in [2.45, 2.75) is 13.8 Å². The molecule has 0 aromatic carbocycles. The number of nitrogens with one attached hydrogen (secondary N) is 1. The highest BCUT2D eigenvalue weighted by atomic mass is 32.1. The van der Waals surface area contributed by atoms with E-state index in [0.29, 0.717) is 0 Å². The molecule has 0 saturated carbocycles. The minimum atomic E-state index is 0.877. The number of aromatic nitrogens is 1. The molecule has 0 atom stereocenters. The number of piperazine rings is 1. The molecule has 3 heterocycles. The van der Waals surface area contributed by atoms with Crippen LogP contribution in [0.2, 0.25) is 0 Å². The first-order valence-electron chi connectivity index (χ1n) is 6.24. The van der Waals surface area contributed by atoms with Gasteiger partial charge in [-0.15, -0.1) is 0 Å². The zero-order chi connectivity index (χ0) is 12.5. The third kappa shape index (κ3) is 2.15. The second-order valence-electron chi connectivity index (χ2n) is 4.56.